The number of fused-ring (bicyclic) bond motifs is 1. The first-order valence-corrected chi connectivity index (χ1v) is 7.52. The van der Waals surface area contributed by atoms with Crippen molar-refractivity contribution in [2.75, 3.05) is 0 Å². The maximum absolute atomic E-state index is 11.4. The molecule has 2 aromatic heterocycles. The zero-order valence-corrected chi connectivity index (χ0v) is 13.3. The summed E-state index contributed by atoms with van der Waals surface area (Å²) in [5.41, 5.74) is 1.61. The van der Waals surface area contributed by atoms with Crippen molar-refractivity contribution >= 4 is 28.2 Å². The van der Waals surface area contributed by atoms with Crippen LogP contribution in [0.3, 0.4) is 0 Å². The molecule has 3 aromatic rings. The van der Waals surface area contributed by atoms with Gasteiger partial charge in [-0.05, 0) is 26.0 Å². The summed E-state index contributed by atoms with van der Waals surface area (Å²) in [5.74, 6) is -0.336. The van der Waals surface area contributed by atoms with Crippen LogP contribution in [0.5, 0.6) is 5.75 Å². The molecular formula is C15H15N3O3S. The van der Waals surface area contributed by atoms with Crippen LogP contribution < -0.4 is 4.74 Å². The summed E-state index contributed by atoms with van der Waals surface area (Å²) in [6, 6.07) is 3.60. The minimum absolute atomic E-state index is 0.173. The number of ether oxygens (including phenoxy) is 1. The van der Waals surface area contributed by atoms with Gasteiger partial charge in [-0.2, -0.15) is 5.10 Å². The minimum Gasteiger partial charge on any atom is -0.488 e. The number of aromatic carboxylic acids is 1. The van der Waals surface area contributed by atoms with Crippen LogP contribution in [0.1, 0.15) is 25.9 Å². The number of carboxylic acids is 1. The van der Waals surface area contributed by atoms with Gasteiger partial charge in [0, 0.05) is 24.2 Å². The smallest absolute Gasteiger partial charge is 0.354 e. The quantitative estimate of drug-likeness (QED) is 0.800. The van der Waals surface area contributed by atoms with E-state index in [9.17, 15) is 9.90 Å². The van der Waals surface area contributed by atoms with Crippen LogP contribution in [0.2, 0.25) is 0 Å². The number of carbonyl (C=O) groups is 1. The van der Waals surface area contributed by atoms with Crippen molar-refractivity contribution in [1.29, 1.82) is 0 Å². The lowest BCUT2D eigenvalue weighted by Crippen LogP contribution is -2.06. The van der Waals surface area contributed by atoms with Crippen molar-refractivity contribution < 1.29 is 14.6 Å². The van der Waals surface area contributed by atoms with Crippen LogP contribution in [0.25, 0.3) is 10.9 Å². The van der Waals surface area contributed by atoms with E-state index in [1.807, 2.05) is 19.9 Å². The molecule has 6 nitrogen and oxygen atoms in total. The van der Waals surface area contributed by atoms with Gasteiger partial charge < -0.3 is 9.84 Å². The number of carboxylic acid groups (broad SMARTS) is 1. The van der Waals surface area contributed by atoms with E-state index in [-0.39, 0.29) is 5.69 Å². The highest BCUT2D eigenvalue weighted by Crippen LogP contribution is 2.30. The molecule has 0 aliphatic rings. The zero-order chi connectivity index (χ0) is 15.9. The maximum Gasteiger partial charge on any atom is 0.354 e. The highest BCUT2D eigenvalue weighted by Gasteiger charge is 2.19. The Kier molecular flexibility index (Phi) is 3.58. The zero-order valence-electron chi connectivity index (χ0n) is 12.5. The Bertz CT molecular complexity index is 866. The number of hydrogen-bond acceptors (Lipinski definition) is 5. The van der Waals surface area contributed by atoms with Gasteiger partial charge in [0.05, 0.1) is 15.4 Å². The topological polar surface area (TPSA) is 77.2 Å². The second-order valence-corrected chi connectivity index (χ2v) is 6.31. The van der Waals surface area contributed by atoms with E-state index >= 15 is 0 Å². The van der Waals surface area contributed by atoms with Gasteiger partial charge in [0.2, 0.25) is 0 Å². The van der Waals surface area contributed by atoms with Crippen LogP contribution in [-0.2, 0) is 13.7 Å². The monoisotopic (exact) mass is 317 g/mol. The molecule has 0 spiro atoms. The molecule has 0 amide bonds. The molecule has 0 bridgehead atoms. The lowest BCUT2D eigenvalue weighted by atomic mass is 10.1. The molecule has 0 saturated carbocycles. The second kappa shape index (κ2) is 5.42. The van der Waals surface area contributed by atoms with E-state index in [1.165, 1.54) is 4.68 Å². The Labute approximate surface area is 131 Å². The highest BCUT2D eigenvalue weighted by atomic mass is 32.1. The summed E-state index contributed by atoms with van der Waals surface area (Å²) in [4.78, 5) is 16.7. The molecular weight excluding hydrogens is 302 g/mol. The molecule has 0 aliphatic carbocycles. The van der Waals surface area contributed by atoms with Crippen LogP contribution in [-0.4, -0.2) is 25.8 Å². The second-order valence-electron chi connectivity index (χ2n) is 4.99. The third-order valence-corrected chi connectivity index (χ3v) is 4.34. The molecule has 0 radical (unpaired) electrons. The molecule has 22 heavy (non-hydrogen) atoms. The number of aromatic nitrogens is 3. The fourth-order valence-electron chi connectivity index (χ4n) is 2.46. The summed E-state index contributed by atoms with van der Waals surface area (Å²) in [5, 5.41) is 15.2. The average molecular weight is 317 g/mol. The molecule has 7 heteroatoms. The van der Waals surface area contributed by atoms with E-state index in [2.05, 4.69) is 10.1 Å². The number of benzene rings is 1. The highest BCUT2D eigenvalue weighted by molar-refractivity contribution is 7.11. The van der Waals surface area contributed by atoms with E-state index < -0.39 is 5.97 Å². The normalized spacial score (nSPS) is 11.0. The summed E-state index contributed by atoms with van der Waals surface area (Å²) >= 11 is 1.58. The molecule has 114 valence electrons. The molecule has 3 rings (SSSR count). The number of hydrogen-bond donors (Lipinski definition) is 1. The van der Waals surface area contributed by atoms with Crippen molar-refractivity contribution in [3.05, 3.63) is 39.5 Å². The van der Waals surface area contributed by atoms with Gasteiger partial charge in [-0.25, -0.2) is 9.78 Å². The summed E-state index contributed by atoms with van der Waals surface area (Å²) in [6.45, 7) is 4.21. The van der Waals surface area contributed by atoms with E-state index in [0.29, 0.717) is 23.3 Å². The van der Waals surface area contributed by atoms with Crippen LogP contribution in [0.15, 0.2) is 18.3 Å². The van der Waals surface area contributed by atoms with E-state index in [0.717, 1.165) is 15.4 Å². The van der Waals surface area contributed by atoms with Gasteiger partial charge in [0.15, 0.2) is 5.69 Å². The third-order valence-electron chi connectivity index (χ3n) is 3.45. The summed E-state index contributed by atoms with van der Waals surface area (Å²) < 4.78 is 7.21. The van der Waals surface area contributed by atoms with Crippen molar-refractivity contribution in [3.63, 3.8) is 0 Å². The summed E-state index contributed by atoms with van der Waals surface area (Å²) in [6.07, 6.45) is 1.79. The van der Waals surface area contributed by atoms with Gasteiger partial charge in [0.1, 0.15) is 12.4 Å². The lowest BCUT2D eigenvalue weighted by Gasteiger charge is -2.09. The van der Waals surface area contributed by atoms with Crippen molar-refractivity contribution in [1.82, 2.24) is 14.8 Å². The molecule has 1 N–H and O–H groups in total. The third kappa shape index (κ3) is 2.43. The SMILES string of the molecule is Cc1ncc(COc2ccc3nn(C)c(C(=O)O)c3c2C)s1. The number of aryl methyl sites for hydroxylation is 3. The van der Waals surface area contributed by atoms with Crippen molar-refractivity contribution in [2.45, 2.75) is 20.5 Å². The Morgan fingerprint density at radius 3 is 2.82 bits per heavy atom. The average Bonchev–Trinajstić information content (AvgIpc) is 3.01. The lowest BCUT2D eigenvalue weighted by molar-refractivity contribution is 0.0687. The number of thiazole rings is 1. The van der Waals surface area contributed by atoms with Gasteiger partial charge in [-0.3, -0.25) is 4.68 Å². The molecule has 0 unspecified atom stereocenters. The van der Waals surface area contributed by atoms with Crippen LogP contribution in [0, 0.1) is 13.8 Å². The van der Waals surface area contributed by atoms with E-state index in [4.69, 9.17) is 4.74 Å². The van der Waals surface area contributed by atoms with Gasteiger partial charge in [-0.15, -0.1) is 11.3 Å². The predicted octanol–water partition coefficient (Wildman–Crippen LogP) is 2.92. The summed E-state index contributed by atoms with van der Waals surface area (Å²) in [7, 11) is 1.63. The fourth-order valence-corrected chi connectivity index (χ4v) is 3.16. The predicted molar refractivity (Wildman–Crippen MR) is 83.6 cm³/mol. The van der Waals surface area contributed by atoms with Gasteiger partial charge in [-0.1, -0.05) is 0 Å². The first-order valence-electron chi connectivity index (χ1n) is 6.71. The standard InChI is InChI=1S/C15H15N3O3S/c1-8-12(21-7-10-6-16-9(2)22-10)5-4-11-13(8)14(15(19)20)18(3)17-11/h4-6H,7H2,1-3H3,(H,19,20). The maximum atomic E-state index is 11.4. The van der Waals surface area contributed by atoms with Crippen molar-refractivity contribution in [2.24, 2.45) is 7.05 Å². The molecule has 2 heterocycles. The van der Waals surface area contributed by atoms with Crippen LogP contribution >= 0.6 is 11.3 Å². The Balaban J connectivity index is 1.98. The largest absolute Gasteiger partial charge is 0.488 e. The van der Waals surface area contributed by atoms with Gasteiger partial charge in [0.25, 0.3) is 0 Å². The van der Waals surface area contributed by atoms with Gasteiger partial charge >= 0.3 is 5.97 Å². The Morgan fingerprint density at radius 1 is 1.41 bits per heavy atom. The van der Waals surface area contributed by atoms with Crippen molar-refractivity contribution in [3.8, 4) is 5.75 Å². The Hall–Kier alpha value is -2.41. The first kappa shape index (κ1) is 14.5. The number of rotatable bonds is 4. The Morgan fingerprint density at radius 2 is 2.18 bits per heavy atom. The molecule has 0 fully saturated rings. The molecule has 0 saturated heterocycles. The number of nitrogens with zero attached hydrogens (tertiary/aromatic N) is 3. The fraction of sp³-hybridized carbons (Fsp3) is 0.267. The molecule has 1 aromatic carbocycles. The van der Waals surface area contributed by atoms with E-state index in [1.54, 1.807) is 30.6 Å². The molecule has 0 aliphatic heterocycles. The van der Waals surface area contributed by atoms with Crippen LogP contribution in [0.4, 0.5) is 0 Å². The first-order chi connectivity index (χ1) is 10.5. The molecule has 0 atom stereocenters. The minimum atomic E-state index is -0.997.